The normalized spacial score (nSPS) is 16.4. The van der Waals surface area contributed by atoms with Crippen molar-refractivity contribution in [3.63, 3.8) is 0 Å². The van der Waals surface area contributed by atoms with E-state index in [2.05, 4.69) is 26.1 Å². The summed E-state index contributed by atoms with van der Waals surface area (Å²) < 4.78 is 10.1. The standard InChI is InChI=1S/C24H25ClN6O10S/c1-12(32)39-10-15-18(20(34)26-15)29-21(35)19(16-11-42-23(27-16)28-17(33)8-25)30-41-24(2,3)22(36)40-9-13-4-6-14(7-5-13)31(37)38/h4-7,11,15,18H,8-10H2,1-3H3,(H,26,34)(H,29,35)(H,27,28,33)/t15-,18+/m0/s1. The molecule has 1 aromatic heterocycles. The first-order valence-corrected chi connectivity index (χ1v) is 13.4. The van der Waals surface area contributed by atoms with E-state index in [1.807, 2.05) is 0 Å². The highest BCUT2D eigenvalue weighted by molar-refractivity contribution is 7.14. The number of alkyl halides is 1. The summed E-state index contributed by atoms with van der Waals surface area (Å²) in [5.41, 5.74) is -1.89. The van der Waals surface area contributed by atoms with Crippen LogP contribution in [0.15, 0.2) is 34.8 Å². The number of carbonyl (C=O) groups excluding carboxylic acids is 5. The highest BCUT2D eigenvalue weighted by Gasteiger charge is 2.42. The minimum Gasteiger partial charge on any atom is -0.464 e. The predicted octanol–water partition coefficient (Wildman–Crippen LogP) is 1.02. The minimum absolute atomic E-state index is 0.0614. The number of oxime groups is 1. The van der Waals surface area contributed by atoms with Crippen LogP contribution in [0.1, 0.15) is 32.0 Å². The number of aromatic nitrogens is 1. The fraction of sp³-hybridized carbons (Fsp3) is 0.375. The summed E-state index contributed by atoms with van der Waals surface area (Å²) in [7, 11) is 0. The van der Waals surface area contributed by atoms with Crippen molar-refractivity contribution >= 4 is 69.1 Å². The van der Waals surface area contributed by atoms with Crippen molar-refractivity contribution in [3.8, 4) is 0 Å². The molecule has 0 saturated carbocycles. The van der Waals surface area contributed by atoms with Crippen molar-refractivity contribution in [2.75, 3.05) is 17.8 Å². The maximum absolute atomic E-state index is 13.2. The lowest BCUT2D eigenvalue weighted by atomic mass is 9.99. The number of esters is 2. The van der Waals surface area contributed by atoms with Gasteiger partial charge < -0.3 is 30.3 Å². The van der Waals surface area contributed by atoms with Gasteiger partial charge >= 0.3 is 11.9 Å². The number of carbonyl (C=O) groups is 5. The maximum atomic E-state index is 13.2. The van der Waals surface area contributed by atoms with Gasteiger partial charge in [-0.25, -0.2) is 9.78 Å². The lowest BCUT2D eigenvalue weighted by Gasteiger charge is -2.36. The number of ether oxygens (including phenoxy) is 2. The molecular formula is C24H25ClN6O10S. The zero-order chi connectivity index (χ0) is 31.0. The second kappa shape index (κ2) is 13.8. The first-order valence-electron chi connectivity index (χ1n) is 12.0. The van der Waals surface area contributed by atoms with E-state index in [-0.39, 0.29) is 35.6 Å². The molecule has 16 nitrogen and oxygen atoms in total. The van der Waals surface area contributed by atoms with E-state index in [1.165, 1.54) is 50.4 Å². The van der Waals surface area contributed by atoms with Crippen LogP contribution in [-0.4, -0.2) is 75.5 Å². The van der Waals surface area contributed by atoms with Crippen LogP contribution in [0, 0.1) is 10.1 Å². The number of hydrogen-bond acceptors (Lipinski definition) is 13. The van der Waals surface area contributed by atoms with Crippen LogP contribution in [0.3, 0.4) is 0 Å². The average Bonchev–Trinajstić information content (AvgIpc) is 3.40. The van der Waals surface area contributed by atoms with Crippen molar-refractivity contribution < 1.29 is 43.2 Å². The summed E-state index contributed by atoms with van der Waals surface area (Å²) in [5.74, 6) is -3.79. The molecule has 1 saturated heterocycles. The van der Waals surface area contributed by atoms with Crippen LogP contribution in [0.4, 0.5) is 10.8 Å². The number of non-ortho nitro benzene ring substituents is 1. The number of β-lactam (4-membered cyclic amide) rings is 1. The van der Waals surface area contributed by atoms with Crippen LogP contribution < -0.4 is 16.0 Å². The molecule has 3 rings (SSSR count). The van der Waals surface area contributed by atoms with E-state index in [9.17, 15) is 34.1 Å². The van der Waals surface area contributed by atoms with Gasteiger partial charge in [0.05, 0.1) is 11.0 Å². The molecule has 2 aromatic rings. The zero-order valence-corrected chi connectivity index (χ0v) is 23.9. The number of thiazole rings is 1. The van der Waals surface area contributed by atoms with Gasteiger partial charge in [0.2, 0.25) is 17.4 Å². The highest BCUT2D eigenvalue weighted by Crippen LogP contribution is 2.20. The number of nitrogens with zero attached hydrogens (tertiary/aromatic N) is 3. The molecule has 2 heterocycles. The zero-order valence-electron chi connectivity index (χ0n) is 22.4. The largest absolute Gasteiger partial charge is 0.464 e. The first-order chi connectivity index (χ1) is 19.8. The Morgan fingerprint density at radius 2 is 1.90 bits per heavy atom. The Kier molecular flexibility index (Phi) is 10.5. The van der Waals surface area contributed by atoms with Crippen LogP contribution in [0.2, 0.25) is 0 Å². The van der Waals surface area contributed by atoms with E-state index < -0.39 is 58.0 Å². The summed E-state index contributed by atoms with van der Waals surface area (Å²) in [4.78, 5) is 80.6. The Balaban J connectivity index is 1.76. The Bertz CT molecular complexity index is 1410. The Hall–Kier alpha value is -4.64. The van der Waals surface area contributed by atoms with Gasteiger partial charge in [0.15, 0.2) is 10.8 Å². The quantitative estimate of drug-likeness (QED) is 0.0713. The van der Waals surface area contributed by atoms with Gasteiger partial charge in [0.25, 0.3) is 11.6 Å². The SMILES string of the molecule is CC(=O)OC[C@@H]1NC(=O)[C@@H]1NC(=O)C(=NOC(C)(C)C(=O)OCc1ccc([N+](=O)[O-])cc1)c1csc(NC(=O)CCl)n1. The molecule has 0 radical (unpaired) electrons. The van der Waals surface area contributed by atoms with Crippen molar-refractivity contribution in [2.24, 2.45) is 5.16 Å². The molecule has 42 heavy (non-hydrogen) atoms. The highest BCUT2D eigenvalue weighted by atomic mass is 35.5. The van der Waals surface area contributed by atoms with Crippen LogP contribution in [0.25, 0.3) is 0 Å². The number of anilines is 1. The molecule has 3 N–H and O–H groups in total. The molecule has 1 aromatic carbocycles. The van der Waals surface area contributed by atoms with Crippen molar-refractivity contribution in [1.82, 2.24) is 15.6 Å². The maximum Gasteiger partial charge on any atom is 0.353 e. The molecular weight excluding hydrogens is 600 g/mol. The Morgan fingerprint density at radius 3 is 2.50 bits per heavy atom. The number of rotatable bonds is 13. The fourth-order valence-corrected chi connectivity index (χ4v) is 3.97. The van der Waals surface area contributed by atoms with Gasteiger partial charge in [-0.05, 0) is 31.5 Å². The van der Waals surface area contributed by atoms with Gasteiger partial charge in [-0.1, -0.05) is 5.16 Å². The third-order valence-electron chi connectivity index (χ3n) is 5.47. The summed E-state index contributed by atoms with van der Waals surface area (Å²) >= 11 is 6.45. The van der Waals surface area contributed by atoms with Gasteiger partial charge in [-0.2, -0.15) is 0 Å². The third kappa shape index (κ3) is 8.43. The van der Waals surface area contributed by atoms with Gasteiger partial charge in [0.1, 0.15) is 30.8 Å². The number of amides is 3. The number of halogens is 1. The first kappa shape index (κ1) is 31.9. The smallest absolute Gasteiger partial charge is 0.353 e. The van der Waals surface area contributed by atoms with E-state index in [0.29, 0.717) is 5.56 Å². The third-order valence-corrected chi connectivity index (χ3v) is 6.47. The molecule has 0 bridgehead atoms. The molecule has 1 fully saturated rings. The lowest BCUT2D eigenvalue weighted by Crippen LogP contribution is -2.71. The molecule has 2 atom stereocenters. The molecule has 224 valence electrons. The van der Waals surface area contributed by atoms with Crippen molar-refractivity contribution in [1.29, 1.82) is 0 Å². The topological polar surface area (TPSA) is 218 Å². The molecule has 0 spiro atoms. The number of nitrogens with one attached hydrogen (secondary N) is 3. The molecule has 1 aliphatic heterocycles. The number of hydrogen-bond donors (Lipinski definition) is 3. The van der Waals surface area contributed by atoms with Gasteiger partial charge in [-0.3, -0.25) is 29.3 Å². The molecule has 0 unspecified atom stereocenters. The van der Waals surface area contributed by atoms with Crippen molar-refractivity contribution in [2.45, 2.75) is 45.1 Å². The van der Waals surface area contributed by atoms with Crippen LogP contribution in [0.5, 0.6) is 0 Å². The fourth-order valence-electron chi connectivity index (χ4n) is 3.19. The minimum atomic E-state index is -1.73. The monoisotopic (exact) mass is 624 g/mol. The molecule has 3 amide bonds. The molecule has 1 aliphatic rings. The van der Waals surface area contributed by atoms with E-state index in [1.54, 1.807) is 0 Å². The summed E-state index contributed by atoms with van der Waals surface area (Å²) in [6, 6.07) is 3.60. The van der Waals surface area contributed by atoms with E-state index in [0.717, 1.165) is 11.3 Å². The number of benzene rings is 1. The Labute approximate surface area is 246 Å². The van der Waals surface area contributed by atoms with E-state index in [4.69, 9.17) is 25.9 Å². The number of nitro benzene ring substituents is 1. The summed E-state index contributed by atoms with van der Waals surface area (Å²) in [6.45, 7) is 3.43. The second-order valence-electron chi connectivity index (χ2n) is 9.13. The molecule has 18 heteroatoms. The Morgan fingerprint density at radius 1 is 1.21 bits per heavy atom. The summed E-state index contributed by atoms with van der Waals surface area (Å²) in [5, 5.41) is 23.5. The van der Waals surface area contributed by atoms with Gasteiger partial charge in [0, 0.05) is 24.4 Å². The second-order valence-corrected chi connectivity index (χ2v) is 10.3. The van der Waals surface area contributed by atoms with Crippen LogP contribution >= 0.6 is 22.9 Å². The lowest BCUT2D eigenvalue weighted by molar-refractivity contribution is -0.384. The van der Waals surface area contributed by atoms with Crippen LogP contribution in [-0.2, 0) is 44.9 Å². The molecule has 0 aliphatic carbocycles. The van der Waals surface area contributed by atoms with E-state index >= 15 is 0 Å². The average molecular weight is 625 g/mol. The van der Waals surface area contributed by atoms with Gasteiger partial charge in [-0.15, -0.1) is 22.9 Å². The van der Waals surface area contributed by atoms with Crippen molar-refractivity contribution in [3.05, 3.63) is 51.0 Å². The number of nitro groups is 1. The summed E-state index contributed by atoms with van der Waals surface area (Å²) in [6.07, 6.45) is 0. The predicted molar refractivity (Wildman–Crippen MR) is 147 cm³/mol.